The van der Waals surface area contributed by atoms with Gasteiger partial charge in [0.1, 0.15) is 0 Å². The van der Waals surface area contributed by atoms with Crippen LogP contribution in [0.5, 0.6) is 0 Å². The summed E-state index contributed by atoms with van der Waals surface area (Å²) in [6, 6.07) is 7.75. The van der Waals surface area contributed by atoms with E-state index in [2.05, 4.69) is 9.97 Å². The molecule has 0 saturated heterocycles. The van der Waals surface area contributed by atoms with Crippen LogP contribution in [0.2, 0.25) is 0 Å². The molecule has 2 aromatic rings. The number of aromatic nitrogens is 3. The lowest BCUT2D eigenvalue weighted by Crippen LogP contribution is -2.32. The Morgan fingerprint density at radius 1 is 1.18 bits per heavy atom. The molecule has 0 atom stereocenters. The molecule has 0 radical (unpaired) electrons. The highest BCUT2D eigenvalue weighted by atomic mass is 32.1. The predicted octanol–water partition coefficient (Wildman–Crippen LogP) is 0.951. The minimum absolute atomic E-state index is 0.124. The highest BCUT2D eigenvalue weighted by Crippen LogP contribution is 2.03. The molecule has 5 nitrogen and oxygen atoms in total. The van der Waals surface area contributed by atoms with Crippen LogP contribution in [-0.4, -0.2) is 14.5 Å². The Hall–Kier alpha value is -1.95. The minimum Gasteiger partial charge on any atom is -0.284 e. The molecule has 0 spiro atoms. The first kappa shape index (κ1) is 11.5. The van der Waals surface area contributed by atoms with Crippen molar-refractivity contribution < 1.29 is 0 Å². The van der Waals surface area contributed by atoms with E-state index in [0.717, 1.165) is 11.1 Å². The molecule has 0 aliphatic rings. The number of aromatic amines is 2. The molecule has 0 fully saturated rings. The van der Waals surface area contributed by atoms with Gasteiger partial charge in [-0.15, -0.1) is 0 Å². The second-order valence-electron chi connectivity index (χ2n) is 3.76. The van der Waals surface area contributed by atoms with Gasteiger partial charge in [0, 0.05) is 0 Å². The van der Waals surface area contributed by atoms with Gasteiger partial charge >= 0.3 is 11.4 Å². The zero-order valence-electron chi connectivity index (χ0n) is 9.19. The molecule has 0 aliphatic carbocycles. The summed E-state index contributed by atoms with van der Waals surface area (Å²) in [7, 11) is 0. The van der Waals surface area contributed by atoms with E-state index in [0.29, 0.717) is 6.54 Å². The summed E-state index contributed by atoms with van der Waals surface area (Å²) in [5.74, 6) is 0. The average molecular weight is 249 g/mol. The van der Waals surface area contributed by atoms with Gasteiger partial charge in [-0.1, -0.05) is 29.8 Å². The molecule has 0 amide bonds. The SMILES string of the molecule is Cc1ccc(Cn2c(=O)[nH]c(=O)[nH]c2=S)cc1. The predicted molar refractivity (Wildman–Crippen MR) is 66.8 cm³/mol. The number of nitrogens with one attached hydrogen (secondary N) is 2. The molecule has 0 unspecified atom stereocenters. The van der Waals surface area contributed by atoms with E-state index in [-0.39, 0.29) is 4.77 Å². The van der Waals surface area contributed by atoms with Crippen LogP contribution in [0.15, 0.2) is 33.9 Å². The average Bonchev–Trinajstić information content (AvgIpc) is 2.26. The van der Waals surface area contributed by atoms with Crippen LogP contribution in [0.1, 0.15) is 11.1 Å². The van der Waals surface area contributed by atoms with Gasteiger partial charge in [-0.3, -0.25) is 14.5 Å². The van der Waals surface area contributed by atoms with E-state index in [9.17, 15) is 9.59 Å². The van der Waals surface area contributed by atoms with Gasteiger partial charge < -0.3 is 0 Å². The monoisotopic (exact) mass is 249 g/mol. The van der Waals surface area contributed by atoms with Crippen LogP contribution in [0.25, 0.3) is 0 Å². The molecule has 2 N–H and O–H groups in total. The van der Waals surface area contributed by atoms with Crippen molar-refractivity contribution in [3.05, 3.63) is 61.1 Å². The van der Waals surface area contributed by atoms with E-state index < -0.39 is 11.4 Å². The second-order valence-corrected chi connectivity index (χ2v) is 4.15. The lowest BCUT2D eigenvalue weighted by molar-refractivity contribution is 0.674. The zero-order chi connectivity index (χ0) is 12.4. The molecular formula is C11H11N3O2S. The van der Waals surface area contributed by atoms with Gasteiger partial charge in [0.25, 0.3) is 0 Å². The van der Waals surface area contributed by atoms with Crippen LogP contribution in [0, 0.1) is 11.7 Å². The number of nitrogens with zero attached hydrogens (tertiary/aromatic N) is 1. The Morgan fingerprint density at radius 3 is 2.41 bits per heavy atom. The van der Waals surface area contributed by atoms with E-state index in [1.54, 1.807) is 0 Å². The number of H-pyrrole nitrogens is 2. The maximum absolute atomic E-state index is 11.6. The van der Waals surface area contributed by atoms with Crippen LogP contribution < -0.4 is 11.4 Å². The van der Waals surface area contributed by atoms with E-state index in [4.69, 9.17) is 12.2 Å². The first-order chi connectivity index (χ1) is 8.06. The van der Waals surface area contributed by atoms with Crippen molar-refractivity contribution in [1.82, 2.24) is 14.5 Å². The summed E-state index contributed by atoms with van der Waals surface area (Å²) in [6.45, 7) is 2.33. The Kier molecular flexibility index (Phi) is 3.06. The molecule has 6 heteroatoms. The smallest absolute Gasteiger partial charge is 0.284 e. The molecule has 1 heterocycles. The van der Waals surface area contributed by atoms with Gasteiger partial charge in [-0.05, 0) is 24.7 Å². The molecule has 1 aromatic carbocycles. The number of aryl methyl sites for hydroxylation is 1. The van der Waals surface area contributed by atoms with Gasteiger partial charge in [-0.25, -0.2) is 9.59 Å². The molecule has 1 aromatic heterocycles. The standard InChI is InChI=1S/C11H11N3O2S/c1-7-2-4-8(5-3-7)6-14-10(16)12-9(15)13-11(14)17/h2-5H,6H2,1H3,(H2,12,13,15,16,17). The molecular weight excluding hydrogens is 238 g/mol. The lowest BCUT2D eigenvalue weighted by Gasteiger charge is -2.05. The first-order valence-electron chi connectivity index (χ1n) is 5.05. The van der Waals surface area contributed by atoms with Crippen molar-refractivity contribution in [3.8, 4) is 0 Å². The van der Waals surface area contributed by atoms with Crippen LogP contribution >= 0.6 is 12.2 Å². The lowest BCUT2D eigenvalue weighted by atomic mass is 10.1. The van der Waals surface area contributed by atoms with Crippen molar-refractivity contribution in [1.29, 1.82) is 0 Å². The summed E-state index contributed by atoms with van der Waals surface area (Å²) in [5, 5.41) is 0. The van der Waals surface area contributed by atoms with Crippen LogP contribution in [-0.2, 0) is 6.54 Å². The number of benzene rings is 1. The fourth-order valence-electron chi connectivity index (χ4n) is 1.47. The normalized spacial score (nSPS) is 10.4. The highest BCUT2D eigenvalue weighted by Gasteiger charge is 2.01. The molecule has 88 valence electrons. The number of rotatable bonds is 2. The third-order valence-electron chi connectivity index (χ3n) is 2.39. The second kappa shape index (κ2) is 4.50. The van der Waals surface area contributed by atoms with Gasteiger partial charge in [0.15, 0.2) is 4.77 Å². The Balaban J connectivity index is 2.43. The fourth-order valence-corrected chi connectivity index (χ4v) is 1.71. The summed E-state index contributed by atoms with van der Waals surface area (Å²) in [4.78, 5) is 27.0. The zero-order valence-corrected chi connectivity index (χ0v) is 10.0. The minimum atomic E-state index is -0.583. The number of hydrogen-bond acceptors (Lipinski definition) is 3. The van der Waals surface area contributed by atoms with E-state index >= 15 is 0 Å². The Morgan fingerprint density at radius 2 is 1.82 bits per heavy atom. The Labute approximate surface area is 102 Å². The van der Waals surface area contributed by atoms with Gasteiger partial charge in [-0.2, -0.15) is 0 Å². The molecule has 2 rings (SSSR count). The molecule has 0 aliphatic heterocycles. The number of hydrogen-bond donors (Lipinski definition) is 2. The van der Waals surface area contributed by atoms with Crippen LogP contribution in [0.3, 0.4) is 0 Å². The highest BCUT2D eigenvalue weighted by molar-refractivity contribution is 7.71. The maximum atomic E-state index is 11.6. The third kappa shape index (κ3) is 2.59. The summed E-state index contributed by atoms with van der Waals surface area (Å²) in [6.07, 6.45) is 0. The van der Waals surface area contributed by atoms with Crippen molar-refractivity contribution in [2.45, 2.75) is 13.5 Å². The van der Waals surface area contributed by atoms with E-state index in [1.807, 2.05) is 31.2 Å². The first-order valence-corrected chi connectivity index (χ1v) is 5.46. The molecule has 0 bridgehead atoms. The maximum Gasteiger partial charge on any atom is 0.332 e. The summed E-state index contributed by atoms with van der Waals surface area (Å²) in [5.41, 5.74) is 1.01. The quantitative estimate of drug-likeness (QED) is 0.778. The summed E-state index contributed by atoms with van der Waals surface area (Å²) >= 11 is 4.94. The third-order valence-corrected chi connectivity index (χ3v) is 2.71. The van der Waals surface area contributed by atoms with Gasteiger partial charge in [0.05, 0.1) is 6.54 Å². The van der Waals surface area contributed by atoms with Crippen molar-refractivity contribution in [2.75, 3.05) is 0 Å². The fraction of sp³-hybridized carbons (Fsp3) is 0.182. The van der Waals surface area contributed by atoms with Gasteiger partial charge in [0.2, 0.25) is 0 Å². The van der Waals surface area contributed by atoms with Crippen molar-refractivity contribution in [2.24, 2.45) is 0 Å². The van der Waals surface area contributed by atoms with E-state index in [1.165, 1.54) is 4.57 Å². The summed E-state index contributed by atoms with van der Waals surface area (Å²) < 4.78 is 1.43. The topological polar surface area (TPSA) is 70.7 Å². The van der Waals surface area contributed by atoms with Crippen molar-refractivity contribution >= 4 is 12.2 Å². The molecule has 17 heavy (non-hydrogen) atoms. The largest absolute Gasteiger partial charge is 0.332 e. The Bertz CT molecular complexity index is 660. The van der Waals surface area contributed by atoms with Crippen molar-refractivity contribution in [3.63, 3.8) is 0 Å². The molecule has 0 saturated carbocycles. The van der Waals surface area contributed by atoms with Crippen LogP contribution in [0.4, 0.5) is 0 Å².